The van der Waals surface area contributed by atoms with Crippen LogP contribution in [0.1, 0.15) is 25.8 Å². The monoisotopic (exact) mass is 271 g/mol. The third-order valence-electron chi connectivity index (χ3n) is 4.04. The van der Waals surface area contributed by atoms with Crippen molar-refractivity contribution in [3.63, 3.8) is 0 Å². The van der Waals surface area contributed by atoms with Crippen LogP contribution in [0.15, 0.2) is 24.3 Å². The molecule has 1 aliphatic heterocycles. The lowest BCUT2D eigenvalue weighted by atomic mass is 9.76. The van der Waals surface area contributed by atoms with Crippen molar-refractivity contribution in [1.82, 2.24) is 4.90 Å². The van der Waals surface area contributed by atoms with Gasteiger partial charge in [0.1, 0.15) is 12.0 Å². The molecule has 0 unspecified atom stereocenters. The smallest absolute Gasteiger partial charge is 0.260 e. The Hall–Kier alpha value is -1.52. The maximum Gasteiger partial charge on any atom is 0.260 e. The molecule has 0 spiro atoms. The van der Waals surface area contributed by atoms with E-state index >= 15 is 0 Å². The molecule has 1 aromatic rings. The predicted molar refractivity (Wildman–Crippen MR) is 65.5 cm³/mol. The van der Waals surface area contributed by atoms with E-state index in [1.165, 1.54) is 32.2 Å². The zero-order valence-electron chi connectivity index (χ0n) is 11.1. The lowest BCUT2D eigenvalue weighted by Crippen LogP contribution is -2.62. The lowest BCUT2D eigenvalue weighted by molar-refractivity contribution is -0.163. The number of hydrogen-bond donors (Lipinski definition) is 0. The Morgan fingerprint density at radius 1 is 1.32 bits per heavy atom. The van der Waals surface area contributed by atoms with E-state index in [9.17, 15) is 18.0 Å². The number of carbonyl (C=O) groups excluding carboxylic acids is 1. The van der Waals surface area contributed by atoms with Gasteiger partial charge in [0, 0.05) is 19.0 Å². The van der Waals surface area contributed by atoms with Crippen LogP contribution in [-0.2, 0) is 10.3 Å². The van der Waals surface area contributed by atoms with E-state index in [0.717, 1.165) is 11.8 Å². The third kappa shape index (κ3) is 1.91. The van der Waals surface area contributed by atoms with E-state index in [4.69, 9.17) is 0 Å². The van der Waals surface area contributed by atoms with Gasteiger partial charge in [-0.3, -0.25) is 4.79 Å². The number of piperidine rings is 1. The first-order chi connectivity index (χ1) is 8.71. The third-order valence-corrected chi connectivity index (χ3v) is 4.04. The van der Waals surface area contributed by atoms with Crippen LogP contribution in [0.4, 0.5) is 13.2 Å². The minimum absolute atomic E-state index is 0.0638. The molecule has 1 amide bonds. The van der Waals surface area contributed by atoms with Crippen LogP contribution in [0.25, 0.3) is 0 Å². The van der Waals surface area contributed by atoms with Crippen LogP contribution in [0.3, 0.4) is 0 Å². The van der Waals surface area contributed by atoms with Gasteiger partial charge in [0.05, 0.1) is 5.54 Å². The van der Waals surface area contributed by atoms with E-state index < -0.39 is 35.5 Å². The molecular formula is C14H16F3NO. The van der Waals surface area contributed by atoms with Gasteiger partial charge in [-0.1, -0.05) is 18.2 Å². The zero-order chi connectivity index (χ0) is 14.4. The largest absolute Gasteiger partial charge is 0.330 e. The van der Waals surface area contributed by atoms with Crippen LogP contribution in [0.5, 0.6) is 0 Å². The van der Waals surface area contributed by atoms with Crippen molar-refractivity contribution in [2.75, 3.05) is 7.05 Å². The molecule has 19 heavy (non-hydrogen) atoms. The normalized spacial score (nSPS) is 35.6. The molecule has 2 nitrogen and oxygen atoms in total. The van der Waals surface area contributed by atoms with E-state index in [1.54, 1.807) is 6.07 Å². The van der Waals surface area contributed by atoms with Crippen molar-refractivity contribution in [1.29, 1.82) is 0 Å². The van der Waals surface area contributed by atoms with Crippen molar-refractivity contribution in [2.45, 2.75) is 37.6 Å². The van der Waals surface area contributed by atoms with Crippen molar-refractivity contribution >= 4 is 5.91 Å². The van der Waals surface area contributed by atoms with Crippen molar-refractivity contribution < 1.29 is 18.0 Å². The molecule has 1 fully saturated rings. The first kappa shape index (κ1) is 13.9. The van der Waals surface area contributed by atoms with E-state index in [0.29, 0.717) is 0 Å². The van der Waals surface area contributed by atoms with Gasteiger partial charge in [-0.25, -0.2) is 13.2 Å². The number of carbonyl (C=O) groups is 1. The molecule has 0 radical (unpaired) electrons. The quantitative estimate of drug-likeness (QED) is 0.769. The summed E-state index contributed by atoms with van der Waals surface area (Å²) < 4.78 is 42.3. The Bertz CT molecular complexity index is 517. The van der Waals surface area contributed by atoms with Crippen LogP contribution in [0, 0.1) is 5.82 Å². The average Bonchev–Trinajstić information content (AvgIpc) is 2.34. The van der Waals surface area contributed by atoms with Crippen LogP contribution < -0.4 is 0 Å². The maximum atomic E-state index is 14.4. The Morgan fingerprint density at radius 3 is 2.47 bits per heavy atom. The van der Waals surface area contributed by atoms with Gasteiger partial charge < -0.3 is 4.90 Å². The van der Waals surface area contributed by atoms with E-state index in [1.807, 2.05) is 0 Å². The summed E-state index contributed by atoms with van der Waals surface area (Å²) >= 11 is 0. The number of alkyl halides is 2. The molecule has 1 saturated heterocycles. The summed E-state index contributed by atoms with van der Waals surface area (Å²) in [4.78, 5) is 12.9. The molecule has 1 aliphatic rings. The summed E-state index contributed by atoms with van der Waals surface area (Å²) in [7, 11) is 1.30. The Labute approximate surface area is 110 Å². The molecular weight excluding hydrogens is 255 g/mol. The van der Waals surface area contributed by atoms with Crippen LogP contribution in [-0.4, -0.2) is 29.7 Å². The fraction of sp³-hybridized carbons (Fsp3) is 0.500. The highest BCUT2D eigenvalue weighted by atomic mass is 19.2. The van der Waals surface area contributed by atoms with Gasteiger partial charge >= 0.3 is 0 Å². The molecule has 0 N–H and O–H groups in total. The van der Waals surface area contributed by atoms with Gasteiger partial charge in [-0.15, -0.1) is 0 Å². The lowest BCUT2D eigenvalue weighted by Gasteiger charge is -2.48. The number of rotatable bonds is 1. The summed E-state index contributed by atoms with van der Waals surface area (Å²) in [5.74, 6) is -1.43. The molecule has 1 aromatic carbocycles. The Balaban J connectivity index is 2.54. The number of hydrogen-bond acceptors (Lipinski definition) is 1. The minimum atomic E-state index is -2.25. The van der Waals surface area contributed by atoms with Gasteiger partial charge in [-0.2, -0.15) is 0 Å². The first-order valence-electron chi connectivity index (χ1n) is 6.07. The number of amides is 1. The van der Waals surface area contributed by atoms with Gasteiger partial charge in [0.15, 0.2) is 5.67 Å². The molecule has 0 saturated carbocycles. The number of benzene rings is 1. The van der Waals surface area contributed by atoms with Gasteiger partial charge in [0.2, 0.25) is 0 Å². The zero-order valence-corrected chi connectivity index (χ0v) is 11.1. The van der Waals surface area contributed by atoms with Crippen LogP contribution >= 0.6 is 0 Å². The van der Waals surface area contributed by atoms with Crippen molar-refractivity contribution in [2.24, 2.45) is 0 Å². The molecule has 0 aromatic heterocycles. The number of halogens is 3. The van der Waals surface area contributed by atoms with Crippen molar-refractivity contribution in [3.05, 3.63) is 35.6 Å². The van der Waals surface area contributed by atoms with Crippen molar-refractivity contribution in [3.8, 4) is 0 Å². The number of nitrogens with zero attached hydrogens (tertiary/aromatic N) is 1. The topological polar surface area (TPSA) is 20.3 Å². The predicted octanol–water partition coefficient (Wildman–Crippen LogP) is 2.97. The fourth-order valence-corrected chi connectivity index (χ4v) is 2.61. The minimum Gasteiger partial charge on any atom is -0.330 e. The highest BCUT2D eigenvalue weighted by molar-refractivity contribution is 5.86. The molecule has 3 atom stereocenters. The van der Waals surface area contributed by atoms with Gasteiger partial charge in [-0.05, 0) is 19.9 Å². The Kier molecular flexibility index (Phi) is 3.11. The second-order valence-electron chi connectivity index (χ2n) is 5.36. The highest BCUT2D eigenvalue weighted by Crippen LogP contribution is 2.44. The molecule has 104 valence electrons. The highest BCUT2D eigenvalue weighted by Gasteiger charge is 2.56. The fourth-order valence-electron chi connectivity index (χ4n) is 2.61. The summed E-state index contributed by atoms with van der Waals surface area (Å²) in [6, 6.07) is 5.68. The average molecular weight is 271 g/mol. The molecule has 5 heteroatoms. The molecule has 0 bridgehead atoms. The second-order valence-corrected chi connectivity index (χ2v) is 5.36. The maximum absolute atomic E-state index is 14.4. The van der Waals surface area contributed by atoms with E-state index in [2.05, 4.69) is 0 Å². The molecule has 2 rings (SSSR count). The molecule has 0 aliphatic carbocycles. The van der Waals surface area contributed by atoms with E-state index in [-0.39, 0.29) is 5.56 Å². The summed E-state index contributed by atoms with van der Waals surface area (Å²) in [6.45, 7) is 2.47. The Morgan fingerprint density at radius 2 is 1.89 bits per heavy atom. The van der Waals surface area contributed by atoms with Gasteiger partial charge in [0.25, 0.3) is 5.91 Å². The summed E-state index contributed by atoms with van der Waals surface area (Å²) in [6.07, 6.45) is -2.25. The summed E-state index contributed by atoms with van der Waals surface area (Å²) in [5, 5.41) is 0. The standard InChI is InChI=1S/C14H16F3NO/c1-13(17)8-11(16)14(2,18(3)12(13)19)9-6-4-5-7-10(9)15/h4-7,11H,8H2,1-3H3/t11-,13+,14+/m0/s1. The SMILES string of the molecule is CN1C(=O)[C@](C)(F)C[C@H](F)[C@@]1(C)c1ccccc1F. The molecule has 1 heterocycles. The number of likely N-dealkylation sites (tertiary alicyclic amines) is 1. The first-order valence-corrected chi connectivity index (χ1v) is 6.07. The van der Waals surface area contributed by atoms with Crippen LogP contribution in [0.2, 0.25) is 0 Å². The second kappa shape index (κ2) is 4.25. The summed E-state index contributed by atoms with van der Waals surface area (Å²) in [5.41, 5.74) is -3.68.